The van der Waals surface area contributed by atoms with Gasteiger partial charge in [-0.05, 0) is 49.6 Å². The topological polar surface area (TPSA) is 47.0 Å². The largest absolute Gasteiger partial charge is 0.438 e. The zero-order valence-corrected chi connectivity index (χ0v) is 11.3. The Hall–Kier alpha value is -2.01. The Morgan fingerprint density at radius 2 is 2.10 bits per heavy atom. The number of hydrogen-bond acceptors (Lipinski definition) is 4. The highest BCUT2D eigenvalue weighted by Crippen LogP contribution is 2.22. The number of ether oxygens (including phenoxy) is 1. The maximum absolute atomic E-state index is 13.2. The minimum atomic E-state index is -0.245. The molecule has 104 valence electrons. The molecule has 0 radical (unpaired) electrons. The van der Waals surface area contributed by atoms with Gasteiger partial charge in [-0.25, -0.2) is 4.39 Å². The molecule has 1 aliphatic carbocycles. The first kappa shape index (κ1) is 13.0. The maximum Gasteiger partial charge on any atom is 0.238 e. The van der Waals surface area contributed by atoms with E-state index in [4.69, 9.17) is 4.74 Å². The van der Waals surface area contributed by atoms with Gasteiger partial charge in [-0.2, -0.15) is 5.10 Å². The third kappa shape index (κ3) is 3.30. The second-order valence-corrected chi connectivity index (χ2v) is 5.03. The lowest BCUT2D eigenvalue weighted by molar-refractivity contribution is 0.451. The third-order valence-corrected chi connectivity index (χ3v) is 3.20. The van der Waals surface area contributed by atoms with Crippen molar-refractivity contribution in [2.24, 2.45) is 0 Å². The number of nitrogens with one attached hydrogen (secondary N) is 1. The van der Waals surface area contributed by atoms with E-state index in [1.165, 1.54) is 18.9 Å². The second-order valence-electron chi connectivity index (χ2n) is 5.03. The molecule has 20 heavy (non-hydrogen) atoms. The Morgan fingerprint density at radius 1 is 1.25 bits per heavy atom. The number of aryl methyl sites for hydroxylation is 1. The molecule has 3 rings (SSSR count). The zero-order valence-electron chi connectivity index (χ0n) is 11.3. The molecule has 1 saturated carbocycles. The van der Waals surface area contributed by atoms with Crippen molar-refractivity contribution in [1.82, 2.24) is 15.5 Å². The molecule has 1 heterocycles. The number of nitrogens with zero attached hydrogens (tertiary/aromatic N) is 2. The van der Waals surface area contributed by atoms with Crippen LogP contribution in [0.4, 0.5) is 4.39 Å². The summed E-state index contributed by atoms with van der Waals surface area (Å²) in [6.07, 6.45) is 2.50. The van der Waals surface area contributed by atoms with Gasteiger partial charge in [-0.3, -0.25) is 0 Å². The van der Waals surface area contributed by atoms with Gasteiger partial charge in [0, 0.05) is 18.7 Å². The van der Waals surface area contributed by atoms with Crippen LogP contribution in [0.3, 0.4) is 0 Å². The molecule has 0 aliphatic heterocycles. The molecule has 1 aromatic heterocycles. The van der Waals surface area contributed by atoms with Crippen LogP contribution < -0.4 is 10.1 Å². The van der Waals surface area contributed by atoms with Gasteiger partial charge in [0.2, 0.25) is 5.88 Å². The third-order valence-electron chi connectivity index (χ3n) is 3.20. The van der Waals surface area contributed by atoms with Crippen LogP contribution in [-0.2, 0) is 6.54 Å². The highest BCUT2D eigenvalue weighted by atomic mass is 19.1. The number of halogens is 1. The molecule has 4 nitrogen and oxygen atoms in total. The highest BCUT2D eigenvalue weighted by Gasteiger charge is 2.20. The van der Waals surface area contributed by atoms with E-state index in [2.05, 4.69) is 15.5 Å². The van der Waals surface area contributed by atoms with Gasteiger partial charge >= 0.3 is 0 Å². The van der Waals surface area contributed by atoms with E-state index in [1.54, 1.807) is 25.1 Å². The summed E-state index contributed by atoms with van der Waals surface area (Å²) in [6.45, 7) is 2.42. The van der Waals surface area contributed by atoms with Crippen LogP contribution >= 0.6 is 0 Å². The van der Waals surface area contributed by atoms with Crippen LogP contribution in [0.25, 0.3) is 0 Å². The lowest BCUT2D eigenvalue weighted by Gasteiger charge is -2.06. The summed E-state index contributed by atoms with van der Waals surface area (Å²) in [5, 5.41) is 11.5. The van der Waals surface area contributed by atoms with Crippen molar-refractivity contribution in [3.63, 3.8) is 0 Å². The first-order chi connectivity index (χ1) is 9.70. The molecule has 0 saturated heterocycles. The molecule has 2 aromatic rings. The van der Waals surface area contributed by atoms with E-state index in [9.17, 15) is 4.39 Å². The van der Waals surface area contributed by atoms with Gasteiger partial charge in [0.25, 0.3) is 0 Å². The van der Waals surface area contributed by atoms with Gasteiger partial charge in [0.1, 0.15) is 11.6 Å². The maximum atomic E-state index is 13.2. The summed E-state index contributed by atoms with van der Waals surface area (Å²) in [7, 11) is 0. The van der Waals surface area contributed by atoms with Crippen molar-refractivity contribution in [2.45, 2.75) is 32.4 Å². The standard InChI is InChI=1S/C15H16FN3O/c1-10-8-13(5-6-14(10)16)20-15-7-4-12(18-19-15)9-17-11-2-3-11/h4-8,11,17H,2-3,9H2,1H3. The quantitative estimate of drug-likeness (QED) is 0.909. The van der Waals surface area contributed by atoms with Crippen LogP contribution in [0.5, 0.6) is 11.6 Å². The van der Waals surface area contributed by atoms with Crippen molar-refractivity contribution >= 4 is 0 Å². The smallest absolute Gasteiger partial charge is 0.238 e. The van der Waals surface area contributed by atoms with Crippen LogP contribution in [0.1, 0.15) is 24.1 Å². The highest BCUT2D eigenvalue weighted by molar-refractivity contribution is 5.31. The van der Waals surface area contributed by atoms with E-state index in [1.807, 2.05) is 6.07 Å². The number of aromatic nitrogens is 2. The van der Waals surface area contributed by atoms with Gasteiger partial charge in [-0.1, -0.05) is 0 Å². The molecule has 1 fully saturated rings. The fraction of sp³-hybridized carbons (Fsp3) is 0.333. The van der Waals surface area contributed by atoms with Gasteiger partial charge in [0.05, 0.1) is 5.69 Å². The molecule has 1 N–H and O–H groups in total. The lowest BCUT2D eigenvalue weighted by atomic mass is 10.2. The predicted octanol–water partition coefficient (Wildman–Crippen LogP) is 2.97. The Kier molecular flexibility index (Phi) is 3.60. The molecule has 5 heteroatoms. The molecule has 0 spiro atoms. The van der Waals surface area contributed by atoms with Crippen LogP contribution in [0.15, 0.2) is 30.3 Å². The fourth-order valence-electron chi connectivity index (χ4n) is 1.83. The van der Waals surface area contributed by atoms with Crippen LogP contribution in [0, 0.1) is 12.7 Å². The minimum Gasteiger partial charge on any atom is -0.438 e. The molecule has 1 aliphatic rings. The van der Waals surface area contributed by atoms with Gasteiger partial charge in [-0.15, -0.1) is 5.10 Å². The zero-order chi connectivity index (χ0) is 13.9. The van der Waals surface area contributed by atoms with E-state index >= 15 is 0 Å². The minimum absolute atomic E-state index is 0.245. The van der Waals surface area contributed by atoms with Crippen LogP contribution in [0.2, 0.25) is 0 Å². The van der Waals surface area contributed by atoms with E-state index in [-0.39, 0.29) is 5.82 Å². The molecule has 0 atom stereocenters. The van der Waals surface area contributed by atoms with Crippen molar-refractivity contribution < 1.29 is 9.13 Å². The summed E-state index contributed by atoms with van der Waals surface area (Å²) >= 11 is 0. The SMILES string of the molecule is Cc1cc(Oc2ccc(CNC3CC3)nn2)ccc1F. The van der Waals surface area contributed by atoms with Crippen molar-refractivity contribution in [3.05, 3.63) is 47.4 Å². The van der Waals surface area contributed by atoms with Crippen molar-refractivity contribution in [3.8, 4) is 11.6 Å². The monoisotopic (exact) mass is 273 g/mol. The van der Waals surface area contributed by atoms with Gasteiger partial charge < -0.3 is 10.1 Å². The van der Waals surface area contributed by atoms with Crippen molar-refractivity contribution in [2.75, 3.05) is 0 Å². The Morgan fingerprint density at radius 3 is 2.75 bits per heavy atom. The summed E-state index contributed by atoms with van der Waals surface area (Å²) in [6, 6.07) is 8.90. The number of hydrogen-bond donors (Lipinski definition) is 1. The molecular weight excluding hydrogens is 257 g/mol. The normalized spacial score (nSPS) is 14.3. The Bertz CT molecular complexity index is 597. The first-order valence-electron chi connectivity index (χ1n) is 6.71. The molecule has 0 bridgehead atoms. The molecule has 0 unspecified atom stereocenters. The molecule has 1 aromatic carbocycles. The average molecular weight is 273 g/mol. The van der Waals surface area contributed by atoms with E-state index in [0.29, 0.717) is 23.2 Å². The number of benzene rings is 1. The lowest BCUT2D eigenvalue weighted by Crippen LogP contribution is -2.16. The molecular formula is C15H16FN3O. The van der Waals surface area contributed by atoms with Crippen LogP contribution in [-0.4, -0.2) is 16.2 Å². The second kappa shape index (κ2) is 5.54. The van der Waals surface area contributed by atoms with Gasteiger partial charge in [0.15, 0.2) is 0 Å². The average Bonchev–Trinajstić information content (AvgIpc) is 3.26. The number of rotatable bonds is 5. The predicted molar refractivity (Wildman–Crippen MR) is 73.1 cm³/mol. The Labute approximate surface area is 117 Å². The molecule has 0 amide bonds. The summed E-state index contributed by atoms with van der Waals surface area (Å²) in [5.74, 6) is 0.721. The fourth-order valence-corrected chi connectivity index (χ4v) is 1.83. The summed E-state index contributed by atoms with van der Waals surface area (Å²) < 4.78 is 18.7. The van der Waals surface area contributed by atoms with E-state index in [0.717, 1.165) is 12.2 Å². The summed E-state index contributed by atoms with van der Waals surface area (Å²) in [5.41, 5.74) is 1.43. The first-order valence-corrected chi connectivity index (χ1v) is 6.71. The summed E-state index contributed by atoms with van der Waals surface area (Å²) in [4.78, 5) is 0. The van der Waals surface area contributed by atoms with Crippen molar-refractivity contribution in [1.29, 1.82) is 0 Å². The van der Waals surface area contributed by atoms with E-state index < -0.39 is 0 Å². The Balaban J connectivity index is 1.62.